The maximum absolute atomic E-state index is 8.99. The number of anilines is 1. The Morgan fingerprint density at radius 3 is 3.00 bits per heavy atom. The highest BCUT2D eigenvalue weighted by Gasteiger charge is 2.07. The standard InChI is InChI=1S/C9H15N3O2/c1-7-3-4-10-9(11-7)12-8(5-13)6-14-2/h3-4,8,13H,5-6H2,1-2H3,(H,10,11,12). The molecular formula is C9H15N3O2. The average Bonchev–Trinajstić information content (AvgIpc) is 2.17. The van der Waals surface area contributed by atoms with Gasteiger partial charge in [-0.3, -0.25) is 0 Å². The molecule has 0 saturated heterocycles. The Bertz CT molecular complexity index is 281. The monoisotopic (exact) mass is 197 g/mol. The topological polar surface area (TPSA) is 67.3 Å². The third kappa shape index (κ3) is 3.27. The molecule has 1 aromatic heterocycles. The van der Waals surface area contributed by atoms with Gasteiger partial charge in [-0.1, -0.05) is 0 Å². The van der Waals surface area contributed by atoms with Crippen LogP contribution in [0.5, 0.6) is 0 Å². The first kappa shape index (κ1) is 10.9. The summed E-state index contributed by atoms with van der Waals surface area (Å²) in [6, 6.07) is 1.65. The summed E-state index contributed by atoms with van der Waals surface area (Å²) in [6.07, 6.45) is 1.67. The van der Waals surface area contributed by atoms with Crippen LogP contribution in [-0.4, -0.2) is 41.4 Å². The molecule has 0 fully saturated rings. The summed E-state index contributed by atoms with van der Waals surface area (Å²) in [4.78, 5) is 8.17. The lowest BCUT2D eigenvalue weighted by Crippen LogP contribution is -2.29. The summed E-state index contributed by atoms with van der Waals surface area (Å²) in [5.74, 6) is 0.515. The van der Waals surface area contributed by atoms with E-state index in [9.17, 15) is 0 Å². The van der Waals surface area contributed by atoms with Gasteiger partial charge >= 0.3 is 0 Å². The number of hydrogen-bond donors (Lipinski definition) is 2. The summed E-state index contributed by atoms with van der Waals surface area (Å²) in [7, 11) is 1.58. The summed E-state index contributed by atoms with van der Waals surface area (Å²) < 4.78 is 4.92. The molecule has 14 heavy (non-hydrogen) atoms. The van der Waals surface area contributed by atoms with Crippen LogP contribution in [0, 0.1) is 6.92 Å². The molecule has 2 N–H and O–H groups in total. The number of aryl methyl sites for hydroxylation is 1. The van der Waals surface area contributed by atoms with Crippen LogP contribution >= 0.6 is 0 Å². The van der Waals surface area contributed by atoms with E-state index in [1.165, 1.54) is 0 Å². The lowest BCUT2D eigenvalue weighted by atomic mass is 10.3. The zero-order valence-corrected chi connectivity index (χ0v) is 8.40. The van der Waals surface area contributed by atoms with E-state index in [0.29, 0.717) is 12.6 Å². The van der Waals surface area contributed by atoms with Gasteiger partial charge in [0, 0.05) is 19.0 Å². The Balaban J connectivity index is 2.57. The SMILES string of the molecule is COCC(CO)Nc1nccc(C)n1. The first-order chi connectivity index (χ1) is 6.76. The Morgan fingerprint density at radius 2 is 2.43 bits per heavy atom. The van der Waals surface area contributed by atoms with E-state index in [1.807, 2.05) is 13.0 Å². The molecule has 5 nitrogen and oxygen atoms in total. The van der Waals surface area contributed by atoms with Crippen LogP contribution < -0.4 is 5.32 Å². The molecule has 0 bridgehead atoms. The van der Waals surface area contributed by atoms with Crippen molar-refractivity contribution in [3.05, 3.63) is 18.0 Å². The summed E-state index contributed by atoms with van der Waals surface area (Å²) in [6.45, 7) is 2.30. The Labute approximate surface area is 83.2 Å². The first-order valence-electron chi connectivity index (χ1n) is 4.42. The van der Waals surface area contributed by atoms with Gasteiger partial charge in [0.05, 0.1) is 19.3 Å². The van der Waals surface area contributed by atoms with Crippen molar-refractivity contribution in [2.24, 2.45) is 0 Å². The molecule has 0 aliphatic carbocycles. The van der Waals surface area contributed by atoms with Gasteiger partial charge < -0.3 is 15.2 Å². The molecule has 5 heteroatoms. The van der Waals surface area contributed by atoms with E-state index in [0.717, 1.165) is 5.69 Å². The minimum Gasteiger partial charge on any atom is -0.394 e. The summed E-state index contributed by atoms with van der Waals surface area (Å²) in [5, 5.41) is 12.0. The lowest BCUT2D eigenvalue weighted by Gasteiger charge is -2.14. The van der Waals surface area contributed by atoms with Gasteiger partial charge in [0.25, 0.3) is 0 Å². The van der Waals surface area contributed by atoms with Crippen molar-refractivity contribution < 1.29 is 9.84 Å². The zero-order chi connectivity index (χ0) is 10.4. The fourth-order valence-corrected chi connectivity index (χ4v) is 1.04. The van der Waals surface area contributed by atoms with Crippen LogP contribution in [0.3, 0.4) is 0 Å². The Kier molecular flexibility index (Phi) is 4.28. The Morgan fingerprint density at radius 1 is 1.64 bits per heavy atom. The van der Waals surface area contributed by atoms with E-state index in [4.69, 9.17) is 9.84 Å². The molecule has 1 aromatic rings. The van der Waals surface area contributed by atoms with Gasteiger partial charge in [0.2, 0.25) is 5.95 Å². The molecule has 0 aliphatic heterocycles. The smallest absolute Gasteiger partial charge is 0.223 e. The van der Waals surface area contributed by atoms with Gasteiger partial charge in [0.1, 0.15) is 0 Å². The number of aliphatic hydroxyl groups excluding tert-OH is 1. The van der Waals surface area contributed by atoms with Crippen molar-refractivity contribution in [2.45, 2.75) is 13.0 Å². The highest BCUT2D eigenvalue weighted by atomic mass is 16.5. The van der Waals surface area contributed by atoms with Gasteiger partial charge in [0.15, 0.2) is 0 Å². The molecule has 0 radical (unpaired) electrons. The zero-order valence-electron chi connectivity index (χ0n) is 8.40. The predicted molar refractivity (Wildman–Crippen MR) is 53.1 cm³/mol. The molecule has 1 unspecified atom stereocenters. The van der Waals surface area contributed by atoms with Crippen molar-refractivity contribution in [1.82, 2.24) is 9.97 Å². The van der Waals surface area contributed by atoms with Crippen molar-refractivity contribution >= 4 is 5.95 Å². The second kappa shape index (κ2) is 5.51. The number of hydrogen-bond acceptors (Lipinski definition) is 5. The highest BCUT2D eigenvalue weighted by molar-refractivity contribution is 5.26. The molecule has 0 aromatic carbocycles. The second-order valence-corrected chi connectivity index (χ2v) is 3.00. The molecule has 0 amide bonds. The maximum Gasteiger partial charge on any atom is 0.223 e. The molecule has 0 saturated carbocycles. The van der Waals surface area contributed by atoms with Gasteiger partial charge in [-0.2, -0.15) is 0 Å². The minimum absolute atomic E-state index is 0.00879. The summed E-state index contributed by atoms with van der Waals surface area (Å²) in [5.41, 5.74) is 0.886. The quantitative estimate of drug-likeness (QED) is 0.706. The molecule has 1 rings (SSSR count). The number of aromatic nitrogens is 2. The second-order valence-electron chi connectivity index (χ2n) is 3.00. The van der Waals surface area contributed by atoms with Crippen LogP contribution in [-0.2, 0) is 4.74 Å². The Hall–Kier alpha value is -1.20. The van der Waals surface area contributed by atoms with Crippen molar-refractivity contribution in [3.63, 3.8) is 0 Å². The number of nitrogens with one attached hydrogen (secondary N) is 1. The fourth-order valence-electron chi connectivity index (χ4n) is 1.04. The molecule has 0 aliphatic rings. The van der Waals surface area contributed by atoms with Crippen LogP contribution in [0.1, 0.15) is 5.69 Å². The number of nitrogens with zero attached hydrogens (tertiary/aromatic N) is 2. The van der Waals surface area contributed by atoms with Gasteiger partial charge in [-0.25, -0.2) is 9.97 Å². The predicted octanol–water partition coefficient (Wildman–Crippen LogP) is 0.204. The van der Waals surface area contributed by atoms with Gasteiger partial charge in [-0.05, 0) is 13.0 Å². The highest BCUT2D eigenvalue weighted by Crippen LogP contribution is 2.01. The fraction of sp³-hybridized carbons (Fsp3) is 0.556. The molecular weight excluding hydrogens is 182 g/mol. The lowest BCUT2D eigenvalue weighted by molar-refractivity contribution is 0.153. The average molecular weight is 197 g/mol. The first-order valence-corrected chi connectivity index (χ1v) is 4.42. The molecule has 0 spiro atoms. The van der Waals surface area contributed by atoms with E-state index in [1.54, 1.807) is 13.3 Å². The maximum atomic E-state index is 8.99. The largest absolute Gasteiger partial charge is 0.394 e. The molecule has 78 valence electrons. The van der Waals surface area contributed by atoms with Crippen molar-refractivity contribution in [1.29, 1.82) is 0 Å². The third-order valence-electron chi connectivity index (χ3n) is 1.72. The number of rotatable bonds is 5. The van der Waals surface area contributed by atoms with E-state index < -0.39 is 0 Å². The number of aliphatic hydroxyl groups is 1. The minimum atomic E-state index is -0.165. The molecule has 1 heterocycles. The van der Waals surface area contributed by atoms with E-state index in [-0.39, 0.29) is 12.6 Å². The summed E-state index contributed by atoms with van der Waals surface area (Å²) >= 11 is 0. The van der Waals surface area contributed by atoms with Crippen LogP contribution in [0.4, 0.5) is 5.95 Å². The van der Waals surface area contributed by atoms with Gasteiger partial charge in [-0.15, -0.1) is 0 Å². The van der Waals surface area contributed by atoms with Crippen LogP contribution in [0.15, 0.2) is 12.3 Å². The van der Waals surface area contributed by atoms with Crippen LogP contribution in [0.25, 0.3) is 0 Å². The number of ether oxygens (including phenoxy) is 1. The molecule has 1 atom stereocenters. The van der Waals surface area contributed by atoms with E-state index in [2.05, 4.69) is 15.3 Å². The normalized spacial score (nSPS) is 12.5. The van der Waals surface area contributed by atoms with Crippen molar-refractivity contribution in [3.8, 4) is 0 Å². The van der Waals surface area contributed by atoms with Crippen molar-refractivity contribution in [2.75, 3.05) is 25.6 Å². The van der Waals surface area contributed by atoms with Crippen LogP contribution in [0.2, 0.25) is 0 Å². The van der Waals surface area contributed by atoms with E-state index >= 15 is 0 Å². The number of methoxy groups -OCH3 is 1. The third-order valence-corrected chi connectivity index (χ3v) is 1.72.